The normalized spacial score (nSPS) is 11.7. The Labute approximate surface area is 142 Å². The van der Waals surface area contributed by atoms with Gasteiger partial charge in [0.15, 0.2) is 0 Å². The zero-order valence-electron chi connectivity index (χ0n) is 12.9. The molecule has 2 heteroatoms. The molecule has 3 rings (SSSR count). The number of hydrogen-bond acceptors (Lipinski definition) is 2. The molecule has 0 bridgehead atoms. The van der Waals surface area contributed by atoms with Crippen LogP contribution in [0, 0.1) is 0 Å². The van der Waals surface area contributed by atoms with Crippen molar-refractivity contribution in [1.29, 1.82) is 0 Å². The molecule has 0 fully saturated rings. The van der Waals surface area contributed by atoms with Crippen LogP contribution in [0.2, 0.25) is 0 Å². The lowest BCUT2D eigenvalue weighted by atomic mass is 9.95. The molecule has 0 spiro atoms. The summed E-state index contributed by atoms with van der Waals surface area (Å²) in [6.45, 7) is 0. The molecule has 0 N–H and O–H groups in total. The van der Waals surface area contributed by atoms with E-state index in [0.29, 0.717) is 0 Å². The van der Waals surface area contributed by atoms with Crippen LogP contribution in [0.1, 0.15) is 16.7 Å². The molecule has 0 atom stereocenters. The van der Waals surface area contributed by atoms with E-state index < -0.39 is 0 Å². The number of methoxy groups -OCH3 is 1. The third-order valence-corrected chi connectivity index (χ3v) is 4.21. The molecular formula is C21H18OS. The van der Waals surface area contributed by atoms with Gasteiger partial charge in [0.05, 0.1) is 7.11 Å². The Kier molecular flexibility index (Phi) is 4.84. The molecule has 0 radical (unpaired) electrons. The van der Waals surface area contributed by atoms with E-state index in [1.54, 1.807) is 7.11 Å². The summed E-state index contributed by atoms with van der Waals surface area (Å²) in [5, 5.41) is 0. The van der Waals surface area contributed by atoms with Gasteiger partial charge in [0.25, 0.3) is 0 Å². The molecule has 3 aromatic rings. The van der Waals surface area contributed by atoms with Crippen LogP contribution in [0.4, 0.5) is 0 Å². The van der Waals surface area contributed by atoms with E-state index in [-0.39, 0.29) is 0 Å². The number of rotatable bonds is 4. The molecule has 0 heterocycles. The van der Waals surface area contributed by atoms with Gasteiger partial charge in [0.1, 0.15) is 5.75 Å². The first-order chi connectivity index (χ1) is 11.3. The Balaban J connectivity index is 2.18. The maximum absolute atomic E-state index is 5.26. The van der Waals surface area contributed by atoms with Gasteiger partial charge in [-0.25, -0.2) is 0 Å². The maximum Gasteiger partial charge on any atom is 0.118 e. The summed E-state index contributed by atoms with van der Waals surface area (Å²) in [6, 6.07) is 28.7. The first-order valence-electron chi connectivity index (χ1n) is 7.48. The van der Waals surface area contributed by atoms with Gasteiger partial charge in [-0.05, 0) is 28.8 Å². The Morgan fingerprint density at radius 2 is 1.13 bits per heavy atom. The molecule has 0 saturated heterocycles. The summed E-state index contributed by atoms with van der Waals surface area (Å²) < 4.78 is 5.26. The molecule has 1 nitrogen and oxygen atoms in total. The molecule has 0 aromatic heterocycles. The van der Waals surface area contributed by atoms with Crippen LogP contribution < -0.4 is 4.74 Å². The first kappa shape index (κ1) is 15.4. The molecule has 0 aliphatic heterocycles. The van der Waals surface area contributed by atoms with Crippen LogP contribution in [0.15, 0.2) is 84.9 Å². The largest absolute Gasteiger partial charge is 0.497 e. The SMILES string of the molecule is COc1ccc(/C(=C(\S)c2ccccc2)c2ccccc2)cc1. The molecule has 0 unspecified atom stereocenters. The Bertz CT molecular complexity index is 790. The van der Waals surface area contributed by atoms with Gasteiger partial charge in [-0.15, -0.1) is 12.6 Å². The minimum atomic E-state index is 0.849. The van der Waals surface area contributed by atoms with Crippen molar-refractivity contribution in [3.05, 3.63) is 102 Å². The van der Waals surface area contributed by atoms with Crippen molar-refractivity contribution >= 4 is 23.1 Å². The van der Waals surface area contributed by atoms with Crippen molar-refractivity contribution in [3.63, 3.8) is 0 Å². The first-order valence-corrected chi connectivity index (χ1v) is 7.93. The molecule has 0 aliphatic carbocycles. The van der Waals surface area contributed by atoms with Crippen LogP contribution in [0.25, 0.3) is 10.5 Å². The smallest absolute Gasteiger partial charge is 0.118 e. The predicted octanol–water partition coefficient (Wildman–Crippen LogP) is 5.54. The third-order valence-electron chi connectivity index (χ3n) is 3.73. The van der Waals surface area contributed by atoms with Gasteiger partial charge < -0.3 is 4.74 Å². The van der Waals surface area contributed by atoms with Crippen LogP contribution in [-0.2, 0) is 0 Å². The van der Waals surface area contributed by atoms with Gasteiger partial charge >= 0.3 is 0 Å². The van der Waals surface area contributed by atoms with Crippen molar-refractivity contribution in [2.24, 2.45) is 0 Å². The lowest BCUT2D eigenvalue weighted by molar-refractivity contribution is 0.415. The Morgan fingerprint density at radius 1 is 0.652 bits per heavy atom. The highest BCUT2D eigenvalue weighted by molar-refractivity contribution is 7.90. The molecule has 114 valence electrons. The van der Waals surface area contributed by atoms with Gasteiger partial charge in [0.2, 0.25) is 0 Å². The van der Waals surface area contributed by atoms with Gasteiger partial charge in [0, 0.05) is 10.5 Å². The van der Waals surface area contributed by atoms with Crippen molar-refractivity contribution in [3.8, 4) is 5.75 Å². The van der Waals surface area contributed by atoms with E-state index >= 15 is 0 Å². The molecule has 0 amide bonds. The lowest BCUT2D eigenvalue weighted by Gasteiger charge is -2.14. The van der Waals surface area contributed by atoms with E-state index in [9.17, 15) is 0 Å². The summed E-state index contributed by atoms with van der Waals surface area (Å²) in [7, 11) is 1.68. The number of hydrogen-bond donors (Lipinski definition) is 1. The summed E-state index contributed by atoms with van der Waals surface area (Å²) >= 11 is 4.83. The van der Waals surface area contributed by atoms with E-state index in [1.165, 1.54) is 0 Å². The highest BCUT2D eigenvalue weighted by atomic mass is 32.1. The van der Waals surface area contributed by atoms with E-state index in [2.05, 4.69) is 36.4 Å². The molecular weight excluding hydrogens is 300 g/mol. The standard InChI is InChI=1S/C21H18OS/c1-22-19-14-12-17(13-15-19)20(16-8-4-2-5-9-16)21(23)18-10-6-3-7-11-18/h2-15,23H,1H3/b21-20-. The average molecular weight is 318 g/mol. The minimum Gasteiger partial charge on any atom is -0.497 e. The van der Waals surface area contributed by atoms with Crippen molar-refractivity contribution < 1.29 is 4.74 Å². The highest BCUT2D eigenvalue weighted by Crippen LogP contribution is 2.34. The van der Waals surface area contributed by atoms with Crippen LogP contribution in [0.3, 0.4) is 0 Å². The predicted molar refractivity (Wildman–Crippen MR) is 101 cm³/mol. The zero-order chi connectivity index (χ0) is 16.1. The van der Waals surface area contributed by atoms with E-state index in [4.69, 9.17) is 17.4 Å². The Morgan fingerprint density at radius 3 is 1.65 bits per heavy atom. The van der Waals surface area contributed by atoms with E-state index in [1.807, 2.05) is 48.5 Å². The Hall–Kier alpha value is -2.45. The second-order valence-corrected chi connectivity index (χ2v) is 5.63. The quantitative estimate of drug-likeness (QED) is 0.491. The monoisotopic (exact) mass is 318 g/mol. The second-order valence-electron chi connectivity index (χ2n) is 5.18. The highest BCUT2D eigenvalue weighted by Gasteiger charge is 2.11. The van der Waals surface area contributed by atoms with Crippen LogP contribution in [0.5, 0.6) is 5.75 Å². The molecule has 23 heavy (non-hydrogen) atoms. The lowest BCUT2D eigenvalue weighted by Crippen LogP contribution is -1.92. The van der Waals surface area contributed by atoms with Gasteiger partial charge in [-0.3, -0.25) is 0 Å². The van der Waals surface area contributed by atoms with Crippen molar-refractivity contribution in [2.45, 2.75) is 0 Å². The summed E-state index contributed by atoms with van der Waals surface area (Å²) in [4.78, 5) is 0.960. The summed E-state index contributed by atoms with van der Waals surface area (Å²) in [5.41, 5.74) is 4.48. The fourth-order valence-electron chi connectivity index (χ4n) is 2.54. The summed E-state index contributed by atoms with van der Waals surface area (Å²) in [6.07, 6.45) is 0. The number of ether oxygens (including phenoxy) is 1. The minimum absolute atomic E-state index is 0.849. The molecule has 0 aliphatic rings. The topological polar surface area (TPSA) is 9.23 Å². The molecule has 3 aromatic carbocycles. The third kappa shape index (κ3) is 3.49. The maximum atomic E-state index is 5.26. The zero-order valence-corrected chi connectivity index (χ0v) is 13.8. The number of benzene rings is 3. The summed E-state index contributed by atoms with van der Waals surface area (Å²) in [5.74, 6) is 0.849. The average Bonchev–Trinajstić information content (AvgIpc) is 2.64. The van der Waals surface area contributed by atoms with Crippen LogP contribution >= 0.6 is 12.6 Å². The fourth-order valence-corrected chi connectivity index (χ4v) is 2.95. The van der Waals surface area contributed by atoms with Crippen molar-refractivity contribution in [2.75, 3.05) is 7.11 Å². The van der Waals surface area contributed by atoms with E-state index in [0.717, 1.165) is 32.9 Å². The molecule has 0 saturated carbocycles. The van der Waals surface area contributed by atoms with Crippen molar-refractivity contribution in [1.82, 2.24) is 0 Å². The van der Waals surface area contributed by atoms with Gasteiger partial charge in [-0.2, -0.15) is 0 Å². The van der Waals surface area contributed by atoms with Crippen LogP contribution in [-0.4, -0.2) is 7.11 Å². The number of thiol groups is 1. The van der Waals surface area contributed by atoms with Gasteiger partial charge in [-0.1, -0.05) is 72.8 Å². The second kappa shape index (κ2) is 7.21. The fraction of sp³-hybridized carbons (Fsp3) is 0.0476.